The van der Waals surface area contributed by atoms with Gasteiger partial charge in [-0.3, -0.25) is 4.98 Å². The Morgan fingerprint density at radius 2 is 2.27 bits per heavy atom. The maximum absolute atomic E-state index is 13.3. The summed E-state index contributed by atoms with van der Waals surface area (Å²) in [6.45, 7) is 0. The molecular weight excluding hydrogens is 237 g/mol. The highest BCUT2D eigenvalue weighted by Gasteiger charge is 2.19. The number of aliphatic hydroxyl groups excluding tert-OH is 1. The van der Waals surface area contributed by atoms with Crippen LogP contribution in [0.2, 0.25) is 5.02 Å². The van der Waals surface area contributed by atoms with Gasteiger partial charge in [0.05, 0.1) is 9.90 Å². The molecule has 2 aromatic heterocycles. The van der Waals surface area contributed by atoms with Gasteiger partial charge in [0, 0.05) is 6.20 Å². The van der Waals surface area contributed by atoms with Crippen molar-refractivity contribution in [2.45, 2.75) is 6.10 Å². The van der Waals surface area contributed by atoms with E-state index < -0.39 is 11.9 Å². The van der Waals surface area contributed by atoms with Crippen LogP contribution in [-0.2, 0) is 0 Å². The molecule has 0 aliphatic heterocycles. The Kier molecular flexibility index (Phi) is 3.00. The van der Waals surface area contributed by atoms with Crippen LogP contribution in [0.3, 0.4) is 0 Å². The van der Waals surface area contributed by atoms with Gasteiger partial charge in [-0.05, 0) is 23.6 Å². The van der Waals surface area contributed by atoms with E-state index in [9.17, 15) is 9.50 Å². The molecule has 2 nitrogen and oxygen atoms in total. The van der Waals surface area contributed by atoms with Gasteiger partial charge < -0.3 is 5.11 Å². The number of aromatic nitrogens is 1. The average molecular weight is 244 g/mol. The van der Waals surface area contributed by atoms with E-state index in [1.807, 2.05) is 0 Å². The summed E-state index contributed by atoms with van der Waals surface area (Å²) >= 11 is 7.11. The van der Waals surface area contributed by atoms with Gasteiger partial charge in [0.2, 0.25) is 0 Å². The van der Waals surface area contributed by atoms with Crippen LogP contribution in [0.5, 0.6) is 0 Å². The van der Waals surface area contributed by atoms with Crippen molar-refractivity contribution in [1.29, 1.82) is 0 Å². The van der Waals surface area contributed by atoms with E-state index in [1.165, 1.54) is 29.7 Å². The van der Waals surface area contributed by atoms with Crippen molar-refractivity contribution in [3.05, 3.63) is 51.2 Å². The molecule has 1 unspecified atom stereocenters. The molecule has 0 amide bonds. The predicted octanol–water partition coefficient (Wildman–Crippen LogP) is 3.02. The largest absolute Gasteiger partial charge is 0.381 e. The maximum atomic E-state index is 13.3. The third kappa shape index (κ3) is 2.02. The Labute approximate surface area is 95.0 Å². The van der Waals surface area contributed by atoms with E-state index in [4.69, 9.17) is 11.6 Å². The van der Waals surface area contributed by atoms with Gasteiger partial charge in [-0.15, -0.1) is 11.3 Å². The lowest BCUT2D eigenvalue weighted by Crippen LogP contribution is -2.03. The maximum Gasteiger partial charge on any atom is 0.147 e. The molecule has 1 N–H and O–H groups in total. The molecule has 0 saturated heterocycles. The Hall–Kier alpha value is -0.970. The van der Waals surface area contributed by atoms with Crippen molar-refractivity contribution in [2.75, 3.05) is 0 Å². The minimum atomic E-state index is -1.10. The van der Waals surface area contributed by atoms with Crippen molar-refractivity contribution in [1.82, 2.24) is 4.98 Å². The second-order valence-corrected chi connectivity index (χ2v) is 4.26. The van der Waals surface area contributed by atoms with Gasteiger partial charge in [-0.2, -0.15) is 0 Å². The third-order valence-electron chi connectivity index (χ3n) is 1.94. The van der Waals surface area contributed by atoms with Crippen LogP contribution < -0.4 is 0 Å². The van der Waals surface area contributed by atoms with Crippen molar-refractivity contribution in [2.24, 2.45) is 0 Å². The molecule has 5 heteroatoms. The Balaban J connectivity index is 2.41. The smallest absolute Gasteiger partial charge is 0.147 e. The second kappa shape index (κ2) is 4.26. The first kappa shape index (κ1) is 10.5. The topological polar surface area (TPSA) is 33.1 Å². The zero-order chi connectivity index (χ0) is 10.8. The SMILES string of the molecule is OC(c1ncccc1F)c1sccc1Cl. The van der Waals surface area contributed by atoms with Gasteiger partial charge in [0.1, 0.15) is 17.6 Å². The molecule has 0 saturated carbocycles. The fourth-order valence-corrected chi connectivity index (χ4v) is 2.37. The van der Waals surface area contributed by atoms with E-state index >= 15 is 0 Å². The molecule has 2 rings (SSSR count). The standard InChI is InChI=1S/C10H7ClFNOS/c11-6-3-5-15-10(6)9(14)8-7(12)2-1-4-13-8/h1-5,9,14H. The van der Waals surface area contributed by atoms with Crippen molar-refractivity contribution < 1.29 is 9.50 Å². The number of nitrogens with zero attached hydrogens (tertiary/aromatic N) is 1. The van der Waals surface area contributed by atoms with E-state index in [-0.39, 0.29) is 5.69 Å². The molecular formula is C10H7ClFNOS. The van der Waals surface area contributed by atoms with Crippen LogP contribution >= 0.6 is 22.9 Å². The number of pyridine rings is 1. The molecule has 2 aromatic rings. The quantitative estimate of drug-likeness (QED) is 0.880. The van der Waals surface area contributed by atoms with Gasteiger partial charge >= 0.3 is 0 Å². The van der Waals surface area contributed by atoms with Crippen molar-refractivity contribution >= 4 is 22.9 Å². The second-order valence-electron chi connectivity index (χ2n) is 2.91. The number of halogens is 2. The molecule has 1 atom stereocenters. The van der Waals surface area contributed by atoms with Crippen LogP contribution in [0.25, 0.3) is 0 Å². The van der Waals surface area contributed by atoms with Gasteiger partial charge in [0.25, 0.3) is 0 Å². The van der Waals surface area contributed by atoms with E-state index in [0.29, 0.717) is 9.90 Å². The lowest BCUT2D eigenvalue weighted by molar-refractivity contribution is 0.213. The summed E-state index contributed by atoms with van der Waals surface area (Å²) < 4.78 is 13.3. The number of hydrogen-bond donors (Lipinski definition) is 1. The molecule has 0 aromatic carbocycles. The number of thiophene rings is 1. The van der Waals surface area contributed by atoms with Crippen LogP contribution in [-0.4, -0.2) is 10.1 Å². The molecule has 0 radical (unpaired) electrons. The molecule has 0 fully saturated rings. The average Bonchev–Trinajstić information content (AvgIpc) is 2.64. The summed E-state index contributed by atoms with van der Waals surface area (Å²) in [6, 6.07) is 4.39. The molecule has 0 spiro atoms. The predicted molar refractivity (Wildman–Crippen MR) is 57.6 cm³/mol. The summed E-state index contributed by atoms with van der Waals surface area (Å²) in [5.74, 6) is -0.533. The molecule has 0 aliphatic rings. The third-order valence-corrected chi connectivity index (χ3v) is 3.35. The number of aliphatic hydroxyl groups is 1. The van der Waals surface area contributed by atoms with Gasteiger partial charge in [0.15, 0.2) is 0 Å². The number of rotatable bonds is 2. The summed E-state index contributed by atoms with van der Waals surface area (Å²) in [6.07, 6.45) is 0.335. The van der Waals surface area contributed by atoms with Gasteiger partial charge in [-0.1, -0.05) is 11.6 Å². The van der Waals surface area contributed by atoms with Crippen molar-refractivity contribution in [3.63, 3.8) is 0 Å². The first-order valence-corrected chi connectivity index (χ1v) is 5.47. The summed E-state index contributed by atoms with van der Waals surface area (Å²) in [4.78, 5) is 4.31. The zero-order valence-electron chi connectivity index (χ0n) is 7.52. The first-order valence-electron chi connectivity index (χ1n) is 4.21. The highest BCUT2D eigenvalue weighted by molar-refractivity contribution is 7.10. The summed E-state index contributed by atoms with van der Waals surface area (Å²) in [5.41, 5.74) is 0.00171. The van der Waals surface area contributed by atoms with Crippen molar-refractivity contribution in [3.8, 4) is 0 Å². The molecule has 0 bridgehead atoms. The normalized spacial score (nSPS) is 12.7. The molecule has 78 valence electrons. The summed E-state index contributed by atoms with van der Waals surface area (Å²) in [5, 5.41) is 12.0. The Morgan fingerprint density at radius 1 is 1.47 bits per heavy atom. The summed E-state index contributed by atoms with van der Waals surface area (Å²) in [7, 11) is 0. The molecule has 0 aliphatic carbocycles. The fourth-order valence-electron chi connectivity index (χ4n) is 1.22. The Bertz CT molecular complexity index is 474. The van der Waals surface area contributed by atoms with Crippen LogP contribution in [0.1, 0.15) is 16.7 Å². The monoisotopic (exact) mass is 243 g/mol. The Morgan fingerprint density at radius 3 is 2.87 bits per heavy atom. The van der Waals surface area contributed by atoms with Crippen LogP contribution in [0, 0.1) is 5.82 Å². The lowest BCUT2D eigenvalue weighted by Gasteiger charge is -2.09. The van der Waals surface area contributed by atoms with E-state index in [1.54, 1.807) is 11.4 Å². The van der Waals surface area contributed by atoms with E-state index in [2.05, 4.69) is 4.98 Å². The number of hydrogen-bond acceptors (Lipinski definition) is 3. The first-order chi connectivity index (χ1) is 7.20. The highest BCUT2D eigenvalue weighted by atomic mass is 35.5. The lowest BCUT2D eigenvalue weighted by atomic mass is 10.2. The molecule has 2 heterocycles. The van der Waals surface area contributed by atoms with Gasteiger partial charge in [-0.25, -0.2) is 4.39 Å². The van der Waals surface area contributed by atoms with Crippen LogP contribution in [0.15, 0.2) is 29.8 Å². The zero-order valence-corrected chi connectivity index (χ0v) is 9.10. The molecule has 15 heavy (non-hydrogen) atoms. The van der Waals surface area contributed by atoms with E-state index in [0.717, 1.165) is 0 Å². The minimum absolute atomic E-state index is 0.00171. The van der Waals surface area contributed by atoms with Crippen LogP contribution in [0.4, 0.5) is 4.39 Å². The highest BCUT2D eigenvalue weighted by Crippen LogP contribution is 2.32. The minimum Gasteiger partial charge on any atom is -0.381 e. The fraction of sp³-hybridized carbons (Fsp3) is 0.100.